The van der Waals surface area contributed by atoms with Crippen LogP contribution in [-0.4, -0.2) is 30.5 Å². The fourth-order valence-corrected chi connectivity index (χ4v) is 4.33. The van der Waals surface area contributed by atoms with Crippen molar-refractivity contribution in [1.29, 1.82) is 0 Å². The number of nitrogens with one attached hydrogen (secondary N) is 1. The minimum atomic E-state index is -3.89. The summed E-state index contributed by atoms with van der Waals surface area (Å²) in [4.78, 5) is 15.6. The first-order valence-corrected chi connectivity index (χ1v) is 9.17. The van der Waals surface area contributed by atoms with Gasteiger partial charge in [-0.25, -0.2) is 13.4 Å². The van der Waals surface area contributed by atoms with Crippen LogP contribution in [0.3, 0.4) is 0 Å². The fraction of sp³-hybridized carbons (Fsp3) is 0.429. The summed E-state index contributed by atoms with van der Waals surface area (Å²) in [7, 11) is -3.89. The highest BCUT2D eigenvalue weighted by Gasteiger charge is 2.29. The summed E-state index contributed by atoms with van der Waals surface area (Å²) in [6, 6.07) is 3.46. The van der Waals surface area contributed by atoms with E-state index in [1.165, 1.54) is 23.5 Å². The second-order valence-corrected chi connectivity index (χ2v) is 8.13. The number of aliphatic carboxylic acids is 1. The Morgan fingerprint density at radius 1 is 1.45 bits per heavy atom. The highest BCUT2D eigenvalue weighted by molar-refractivity contribution is 7.89. The van der Waals surface area contributed by atoms with Gasteiger partial charge in [-0.2, -0.15) is 4.72 Å². The van der Waals surface area contributed by atoms with Crippen LogP contribution in [0.1, 0.15) is 25.3 Å². The van der Waals surface area contributed by atoms with Gasteiger partial charge in [0, 0.05) is 0 Å². The van der Waals surface area contributed by atoms with Gasteiger partial charge in [0.15, 0.2) is 0 Å². The number of hydrogen-bond acceptors (Lipinski definition) is 5. The van der Waals surface area contributed by atoms with E-state index in [0.29, 0.717) is 6.42 Å². The fourth-order valence-electron chi connectivity index (χ4n) is 2.07. The van der Waals surface area contributed by atoms with Crippen molar-refractivity contribution in [3.63, 3.8) is 0 Å². The number of sulfonamides is 1. The van der Waals surface area contributed by atoms with Crippen molar-refractivity contribution < 1.29 is 18.3 Å². The standard InChI is InChI=1S/C14H18N2O4S2/c1-4-8(2)13(14(17)18)16-22(19,20)10-5-6-11-12(7-10)21-9(3)15-11/h5-8,13,16H,4H2,1-3H3,(H,17,18)/t8-,13-/m0/s1. The first-order chi connectivity index (χ1) is 10.2. The van der Waals surface area contributed by atoms with E-state index in [0.717, 1.165) is 15.2 Å². The maximum absolute atomic E-state index is 12.4. The molecule has 0 unspecified atom stereocenters. The van der Waals surface area contributed by atoms with Gasteiger partial charge in [0.25, 0.3) is 0 Å². The van der Waals surface area contributed by atoms with Gasteiger partial charge in [0.2, 0.25) is 10.0 Å². The first-order valence-electron chi connectivity index (χ1n) is 6.87. The van der Waals surface area contributed by atoms with Gasteiger partial charge in [-0.15, -0.1) is 11.3 Å². The van der Waals surface area contributed by atoms with E-state index in [1.807, 2.05) is 13.8 Å². The lowest BCUT2D eigenvalue weighted by Crippen LogP contribution is -2.44. The number of aromatic nitrogens is 1. The monoisotopic (exact) mass is 342 g/mol. The van der Waals surface area contributed by atoms with Crippen molar-refractivity contribution in [3.8, 4) is 0 Å². The molecule has 0 aliphatic rings. The number of carbonyl (C=O) groups is 1. The zero-order chi connectivity index (χ0) is 16.5. The molecule has 0 saturated carbocycles. The summed E-state index contributed by atoms with van der Waals surface area (Å²) in [5.41, 5.74) is 0.734. The molecule has 1 heterocycles. The van der Waals surface area contributed by atoms with Crippen LogP contribution in [0.5, 0.6) is 0 Å². The molecule has 0 spiro atoms. The molecule has 8 heteroatoms. The zero-order valence-corrected chi connectivity index (χ0v) is 14.2. The molecule has 2 aromatic rings. The maximum Gasteiger partial charge on any atom is 0.322 e. The molecule has 2 atom stereocenters. The van der Waals surface area contributed by atoms with E-state index in [1.54, 1.807) is 13.0 Å². The van der Waals surface area contributed by atoms with Crippen molar-refractivity contribution in [1.82, 2.24) is 9.71 Å². The number of benzene rings is 1. The molecule has 0 amide bonds. The smallest absolute Gasteiger partial charge is 0.322 e. The molecule has 0 radical (unpaired) electrons. The number of rotatable bonds is 6. The van der Waals surface area contributed by atoms with E-state index < -0.39 is 22.0 Å². The van der Waals surface area contributed by atoms with Crippen molar-refractivity contribution in [2.75, 3.05) is 0 Å². The summed E-state index contributed by atoms with van der Waals surface area (Å²) in [6.45, 7) is 5.37. The molecule has 22 heavy (non-hydrogen) atoms. The van der Waals surface area contributed by atoms with Gasteiger partial charge in [-0.3, -0.25) is 4.79 Å². The Bertz CT molecular complexity index is 798. The molecule has 0 fully saturated rings. The largest absolute Gasteiger partial charge is 0.480 e. The zero-order valence-electron chi connectivity index (χ0n) is 12.5. The third-order valence-electron chi connectivity index (χ3n) is 3.54. The first kappa shape index (κ1) is 16.9. The van der Waals surface area contributed by atoms with Crippen LogP contribution in [0.4, 0.5) is 0 Å². The van der Waals surface area contributed by atoms with Crippen LogP contribution >= 0.6 is 11.3 Å². The minimum Gasteiger partial charge on any atom is -0.480 e. The van der Waals surface area contributed by atoms with Crippen LogP contribution in [0, 0.1) is 12.8 Å². The predicted octanol–water partition coefficient (Wildman–Crippen LogP) is 2.38. The van der Waals surface area contributed by atoms with Crippen molar-refractivity contribution in [2.24, 2.45) is 5.92 Å². The summed E-state index contributed by atoms with van der Waals surface area (Å²) >= 11 is 1.40. The van der Waals surface area contributed by atoms with Crippen LogP contribution in [-0.2, 0) is 14.8 Å². The molecular weight excluding hydrogens is 324 g/mol. The topological polar surface area (TPSA) is 96.4 Å². The molecule has 2 N–H and O–H groups in total. The van der Waals surface area contributed by atoms with Gasteiger partial charge in [0.05, 0.1) is 20.1 Å². The second kappa shape index (κ2) is 6.31. The minimum absolute atomic E-state index is 0.0539. The highest BCUT2D eigenvalue weighted by atomic mass is 32.2. The van der Waals surface area contributed by atoms with E-state index in [9.17, 15) is 18.3 Å². The third kappa shape index (κ3) is 3.45. The van der Waals surface area contributed by atoms with Gasteiger partial charge in [0.1, 0.15) is 6.04 Å². The Hall–Kier alpha value is -1.51. The Morgan fingerprint density at radius 2 is 2.14 bits per heavy atom. The summed E-state index contributed by atoms with van der Waals surface area (Å²) in [5.74, 6) is -1.48. The van der Waals surface area contributed by atoms with Crippen LogP contribution in [0.2, 0.25) is 0 Å². The Morgan fingerprint density at radius 3 is 2.73 bits per heavy atom. The molecule has 120 valence electrons. The molecule has 0 saturated heterocycles. The van der Waals surface area contributed by atoms with Gasteiger partial charge < -0.3 is 5.11 Å². The molecule has 1 aromatic heterocycles. The molecule has 0 aliphatic heterocycles. The van der Waals surface area contributed by atoms with Gasteiger partial charge in [-0.1, -0.05) is 20.3 Å². The van der Waals surface area contributed by atoms with Crippen LogP contribution in [0.15, 0.2) is 23.1 Å². The number of carboxylic acid groups (broad SMARTS) is 1. The molecular formula is C14H18N2O4S2. The lowest BCUT2D eigenvalue weighted by Gasteiger charge is -2.20. The van der Waals surface area contributed by atoms with Crippen LogP contribution in [0.25, 0.3) is 10.2 Å². The number of nitrogens with zero attached hydrogens (tertiary/aromatic N) is 1. The van der Waals surface area contributed by atoms with Crippen LogP contribution < -0.4 is 4.72 Å². The van der Waals surface area contributed by atoms with Crippen molar-refractivity contribution in [3.05, 3.63) is 23.2 Å². The molecule has 2 rings (SSSR count). The number of aryl methyl sites for hydroxylation is 1. The molecule has 0 aliphatic carbocycles. The average molecular weight is 342 g/mol. The second-order valence-electron chi connectivity index (χ2n) is 5.19. The van der Waals surface area contributed by atoms with Crippen molar-refractivity contribution in [2.45, 2.75) is 38.1 Å². The molecule has 6 nitrogen and oxygen atoms in total. The Kier molecular flexibility index (Phi) is 4.84. The average Bonchev–Trinajstić information content (AvgIpc) is 2.82. The Balaban J connectivity index is 2.36. The predicted molar refractivity (Wildman–Crippen MR) is 85.6 cm³/mol. The van der Waals surface area contributed by atoms with E-state index in [4.69, 9.17) is 0 Å². The summed E-state index contributed by atoms with van der Waals surface area (Å²) < 4.78 is 27.9. The van der Waals surface area contributed by atoms with Crippen molar-refractivity contribution >= 4 is 37.5 Å². The van der Waals surface area contributed by atoms with E-state index in [2.05, 4.69) is 9.71 Å². The lowest BCUT2D eigenvalue weighted by atomic mass is 10.0. The van der Waals surface area contributed by atoms with E-state index in [-0.39, 0.29) is 10.8 Å². The Labute approximate surface area is 133 Å². The maximum atomic E-state index is 12.4. The van der Waals surface area contributed by atoms with Gasteiger partial charge >= 0.3 is 5.97 Å². The molecule has 0 bridgehead atoms. The third-order valence-corrected chi connectivity index (χ3v) is 5.91. The van der Waals surface area contributed by atoms with Gasteiger partial charge in [-0.05, 0) is 31.0 Å². The summed E-state index contributed by atoms with van der Waals surface area (Å²) in [6.07, 6.45) is 0.562. The SMILES string of the molecule is CC[C@H](C)[C@H](NS(=O)(=O)c1ccc2nc(C)sc2c1)C(=O)O. The number of hydrogen-bond donors (Lipinski definition) is 2. The lowest BCUT2D eigenvalue weighted by molar-refractivity contribution is -0.140. The van der Waals surface area contributed by atoms with E-state index >= 15 is 0 Å². The number of carboxylic acids is 1. The normalized spacial score (nSPS) is 14.9. The molecule has 1 aromatic carbocycles. The summed E-state index contributed by atoms with van der Waals surface area (Å²) in [5, 5.41) is 10.1. The highest BCUT2D eigenvalue weighted by Crippen LogP contribution is 2.25. The number of fused-ring (bicyclic) bond motifs is 1. The quantitative estimate of drug-likeness (QED) is 0.840. The number of thiazole rings is 1.